The van der Waals surface area contributed by atoms with Crippen LogP contribution in [-0.2, 0) is 0 Å². The Balaban J connectivity index is 1.26. The molecule has 0 bridgehead atoms. The van der Waals surface area contributed by atoms with Gasteiger partial charge in [-0.15, -0.1) is 0 Å². The quantitative estimate of drug-likeness (QED) is 0.190. The predicted octanol–water partition coefficient (Wildman–Crippen LogP) is 9.17. The zero-order valence-electron chi connectivity index (χ0n) is 25.6. The Morgan fingerprint density at radius 2 is 1.52 bits per heavy atom. The third kappa shape index (κ3) is 3.99. The fraction of sp³-hybridized carbons (Fsp3) is 0.216. The van der Waals surface area contributed by atoms with Crippen molar-refractivity contribution in [3.05, 3.63) is 103 Å². The molecular weight excluding hydrogens is 544 g/mol. The predicted molar refractivity (Wildman–Crippen MR) is 180 cm³/mol. The lowest BCUT2D eigenvalue weighted by Gasteiger charge is -2.23. The first kappa shape index (κ1) is 26.5. The molecule has 3 aromatic carbocycles. The highest BCUT2D eigenvalue weighted by Crippen LogP contribution is 2.45. The molecule has 5 heterocycles. The molecule has 0 radical (unpaired) electrons. The van der Waals surface area contributed by atoms with Gasteiger partial charge < -0.3 is 14.5 Å². The SMILES string of the molecule is CC(C)c1cccc2c1N(c1cncc(Oc3cnc4c(c3)c3nc5ccccc5n3c3cccc(C(C)C)c43)c1)CN2C. The minimum absolute atomic E-state index is 0.339. The smallest absolute Gasteiger partial charge is 0.148 e. The van der Waals surface area contributed by atoms with E-state index in [1.807, 2.05) is 18.5 Å². The molecule has 0 N–H and O–H groups in total. The van der Waals surface area contributed by atoms with E-state index in [-0.39, 0.29) is 0 Å². The van der Waals surface area contributed by atoms with Gasteiger partial charge in [0, 0.05) is 23.9 Å². The van der Waals surface area contributed by atoms with Crippen LogP contribution < -0.4 is 14.5 Å². The molecule has 7 nitrogen and oxygen atoms in total. The van der Waals surface area contributed by atoms with Crippen molar-refractivity contribution >= 4 is 55.5 Å². The number of para-hydroxylation sites is 3. The van der Waals surface area contributed by atoms with Crippen LogP contribution in [-0.4, -0.2) is 33.1 Å². The molecule has 0 spiro atoms. The van der Waals surface area contributed by atoms with E-state index in [2.05, 4.69) is 121 Å². The van der Waals surface area contributed by atoms with Crippen molar-refractivity contribution in [1.29, 1.82) is 0 Å². The summed E-state index contributed by atoms with van der Waals surface area (Å²) >= 11 is 0. The molecule has 0 saturated heterocycles. The highest BCUT2D eigenvalue weighted by Gasteiger charge is 2.28. The number of fused-ring (bicyclic) bond motifs is 9. The van der Waals surface area contributed by atoms with E-state index in [0.717, 1.165) is 50.8 Å². The van der Waals surface area contributed by atoms with E-state index in [0.29, 0.717) is 23.3 Å². The van der Waals surface area contributed by atoms with Crippen LogP contribution in [0.4, 0.5) is 17.1 Å². The summed E-state index contributed by atoms with van der Waals surface area (Å²) in [6.07, 6.45) is 5.49. The number of benzene rings is 3. The summed E-state index contributed by atoms with van der Waals surface area (Å²) in [7, 11) is 2.13. The summed E-state index contributed by atoms with van der Waals surface area (Å²) in [6, 6.07) is 25.5. The van der Waals surface area contributed by atoms with E-state index in [1.54, 1.807) is 6.20 Å². The normalized spacial score (nSPS) is 13.3. The van der Waals surface area contributed by atoms with Crippen molar-refractivity contribution < 1.29 is 4.74 Å². The number of imidazole rings is 1. The van der Waals surface area contributed by atoms with Crippen LogP contribution in [0, 0.1) is 0 Å². The molecule has 7 aromatic rings. The van der Waals surface area contributed by atoms with Gasteiger partial charge in [-0.3, -0.25) is 14.4 Å². The number of nitrogens with zero attached hydrogens (tertiary/aromatic N) is 6. The summed E-state index contributed by atoms with van der Waals surface area (Å²) < 4.78 is 8.75. The second-order valence-electron chi connectivity index (χ2n) is 12.3. The first-order valence-corrected chi connectivity index (χ1v) is 15.2. The second kappa shape index (κ2) is 9.95. The van der Waals surface area contributed by atoms with Gasteiger partial charge in [0.1, 0.15) is 17.1 Å². The largest absolute Gasteiger partial charge is 0.454 e. The fourth-order valence-electron chi connectivity index (χ4n) is 6.74. The molecule has 44 heavy (non-hydrogen) atoms. The summed E-state index contributed by atoms with van der Waals surface area (Å²) in [6.45, 7) is 9.69. The van der Waals surface area contributed by atoms with Crippen LogP contribution in [0.15, 0.2) is 91.4 Å². The highest BCUT2D eigenvalue weighted by atomic mass is 16.5. The van der Waals surface area contributed by atoms with E-state index >= 15 is 0 Å². The van der Waals surface area contributed by atoms with Crippen molar-refractivity contribution in [1.82, 2.24) is 19.4 Å². The summed E-state index contributed by atoms with van der Waals surface area (Å²) in [5, 5.41) is 2.11. The molecule has 0 aliphatic carbocycles. The summed E-state index contributed by atoms with van der Waals surface area (Å²) in [4.78, 5) is 19.3. The molecule has 8 rings (SSSR count). The van der Waals surface area contributed by atoms with Gasteiger partial charge in [-0.2, -0.15) is 0 Å². The van der Waals surface area contributed by atoms with Gasteiger partial charge in [0.25, 0.3) is 0 Å². The van der Waals surface area contributed by atoms with Crippen molar-refractivity contribution in [3.63, 3.8) is 0 Å². The zero-order chi connectivity index (χ0) is 30.1. The number of rotatable bonds is 5. The van der Waals surface area contributed by atoms with E-state index in [1.165, 1.54) is 22.5 Å². The molecule has 1 aliphatic heterocycles. The molecule has 4 aromatic heterocycles. The molecule has 0 atom stereocenters. The van der Waals surface area contributed by atoms with E-state index in [9.17, 15) is 0 Å². The monoisotopic (exact) mass is 578 g/mol. The van der Waals surface area contributed by atoms with Gasteiger partial charge >= 0.3 is 0 Å². The molecule has 7 heteroatoms. The van der Waals surface area contributed by atoms with Crippen molar-refractivity contribution in [3.8, 4) is 11.5 Å². The zero-order valence-corrected chi connectivity index (χ0v) is 25.6. The summed E-state index contributed by atoms with van der Waals surface area (Å²) in [5.74, 6) is 2.05. The van der Waals surface area contributed by atoms with Crippen LogP contribution in [0.1, 0.15) is 50.7 Å². The maximum atomic E-state index is 6.49. The topological polar surface area (TPSA) is 58.8 Å². The molecule has 218 valence electrons. The van der Waals surface area contributed by atoms with Crippen molar-refractivity contribution in [2.24, 2.45) is 0 Å². The van der Waals surface area contributed by atoms with Gasteiger partial charge in [0.2, 0.25) is 0 Å². The Labute approximate surface area is 256 Å². The Kier molecular flexibility index (Phi) is 5.98. The molecular formula is C37H34N6O. The van der Waals surface area contributed by atoms with Crippen LogP contribution in [0.25, 0.3) is 38.5 Å². The maximum Gasteiger partial charge on any atom is 0.148 e. The lowest BCUT2D eigenvalue weighted by Crippen LogP contribution is -2.24. The Hall–Kier alpha value is -5.17. The number of ether oxygens (including phenoxy) is 1. The molecule has 0 saturated carbocycles. The molecule has 1 aliphatic rings. The third-order valence-corrected chi connectivity index (χ3v) is 8.79. The average Bonchev–Trinajstić information content (AvgIpc) is 3.59. The third-order valence-electron chi connectivity index (χ3n) is 8.79. The molecule has 0 amide bonds. The van der Waals surface area contributed by atoms with Crippen LogP contribution in [0.5, 0.6) is 11.5 Å². The average molecular weight is 579 g/mol. The first-order valence-electron chi connectivity index (χ1n) is 15.2. The lowest BCUT2D eigenvalue weighted by molar-refractivity contribution is 0.479. The second-order valence-corrected chi connectivity index (χ2v) is 12.3. The first-order chi connectivity index (χ1) is 21.4. The Morgan fingerprint density at radius 1 is 0.773 bits per heavy atom. The van der Waals surface area contributed by atoms with Crippen LogP contribution in [0.2, 0.25) is 0 Å². The van der Waals surface area contributed by atoms with Crippen LogP contribution >= 0.6 is 0 Å². The Bertz CT molecular complexity index is 2230. The van der Waals surface area contributed by atoms with Gasteiger partial charge in [-0.1, -0.05) is 64.1 Å². The number of pyridine rings is 3. The summed E-state index contributed by atoms with van der Waals surface area (Å²) in [5.41, 5.74) is 11.0. The van der Waals surface area contributed by atoms with Crippen molar-refractivity contribution in [2.45, 2.75) is 39.5 Å². The minimum Gasteiger partial charge on any atom is -0.454 e. The number of anilines is 3. The van der Waals surface area contributed by atoms with Gasteiger partial charge in [-0.25, -0.2) is 4.98 Å². The highest BCUT2D eigenvalue weighted by molar-refractivity contribution is 6.13. The number of aromatic nitrogens is 4. The Morgan fingerprint density at radius 3 is 2.36 bits per heavy atom. The number of hydrogen-bond acceptors (Lipinski definition) is 6. The van der Waals surface area contributed by atoms with E-state index < -0.39 is 0 Å². The van der Waals surface area contributed by atoms with Gasteiger partial charge in [-0.05, 0) is 53.3 Å². The lowest BCUT2D eigenvalue weighted by atomic mass is 9.96. The number of hydrogen-bond donors (Lipinski definition) is 0. The van der Waals surface area contributed by atoms with Crippen molar-refractivity contribution in [2.75, 3.05) is 23.5 Å². The molecule has 0 unspecified atom stereocenters. The standard InChI is InChI=1S/C37H34N6O/c1-22(2)27-10-8-14-32-34(27)35-29(37-40-30-12-6-7-13-31(30)43(32)37)17-26(20-39-35)44-25-16-24(18-38-19-25)42-21-41(5)33-15-9-11-28(23(3)4)36(33)42/h6-20,22-23H,21H2,1-5H3. The van der Waals surface area contributed by atoms with Gasteiger partial charge in [0.15, 0.2) is 0 Å². The maximum absolute atomic E-state index is 6.49. The van der Waals surface area contributed by atoms with Gasteiger partial charge in [0.05, 0.1) is 64.4 Å². The van der Waals surface area contributed by atoms with E-state index in [4.69, 9.17) is 14.7 Å². The van der Waals surface area contributed by atoms with Crippen LogP contribution in [0.3, 0.4) is 0 Å². The minimum atomic E-state index is 0.339. The fourth-order valence-corrected chi connectivity index (χ4v) is 6.74. The molecule has 0 fully saturated rings.